The van der Waals surface area contributed by atoms with Crippen molar-refractivity contribution in [3.05, 3.63) is 18.3 Å². The molecule has 1 aliphatic heterocycles. The molecule has 126 valence electrons. The molecule has 23 heavy (non-hydrogen) atoms. The van der Waals surface area contributed by atoms with Crippen molar-refractivity contribution in [3.8, 4) is 0 Å². The molecule has 1 atom stereocenters. The second-order valence-electron chi connectivity index (χ2n) is 5.89. The minimum Gasteiger partial charge on any atom is -0.366 e. The van der Waals surface area contributed by atoms with Crippen molar-refractivity contribution < 1.29 is 9.59 Å². The van der Waals surface area contributed by atoms with E-state index in [0.717, 1.165) is 25.1 Å². The number of hydrogen-bond donors (Lipinski definition) is 2. The van der Waals surface area contributed by atoms with E-state index in [0.29, 0.717) is 25.6 Å². The molecule has 2 heterocycles. The second kappa shape index (κ2) is 8.45. The summed E-state index contributed by atoms with van der Waals surface area (Å²) in [5, 5.41) is 14.0. The zero-order chi connectivity index (χ0) is 16.7. The lowest BCUT2D eigenvalue weighted by Crippen LogP contribution is -2.51. The number of nitrogens with zero attached hydrogens (tertiary/aromatic N) is 3. The lowest BCUT2D eigenvalue weighted by molar-refractivity contribution is -0.137. The van der Waals surface area contributed by atoms with Gasteiger partial charge in [0.25, 0.3) is 0 Å². The number of aromatic nitrogens is 2. The lowest BCUT2D eigenvalue weighted by Gasteiger charge is -2.34. The molecule has 1 fully saturated rings. The van der Waals surface area contributed by atoms with Crippen LogP contribution in [0.1, 0.15) is 39.5 Å². The van der Waals surface area contributed by atoms with Gasteiger partial charge in [-0.15, -0.1) is 5.10 Å². The van der Waals surface area contributed by atoms with Crippen molar-refractivity contribution in [1.82, 2.24) is 20.4 Å². The Morgan fingerprint density at radius 3 is 2.70 bits per heavy atom. The molecule has 1 aromatic heterocycles. The molecule has 0 bridgehead atoms. The summed E-state index contributed by atoms with van der Waals surface area (Å²) in [4.78, 5) is 25.7. The molecular formula is C16H25N5O2. The number of anilines is 1. The predicted octanol–water partition coefficient (Wildman–Crippen LogP) is 1.18. The maximum absolute atomic E-state index is 12.6. The van der Waals surface area contributed by atoms with Gasteiger partial charge in [0, 0.05) is 32.3 Å². The van der Waals surface area contributed by atoms with Crippen LogP contribution in [-0.4, -0.2) is 52.1 Å². The standard InChI is InChI=1S/C16H25N5O2/c1-3-5-14(18-12(2)22)16(23)21-10-7-13(8-11-21)19-15-6-4-9-17-20-15/h4,6,9,13-14H,3,5,7-8,10-11H2,1-2H3,(H,18,22)(H,19,20). The number of carbonyl (C=O) groups is 2. The highest BCUT2D eigenvalue weighted by molar-refractivity contribution is 5.86. The molecule has 1 aliphatic rings. The Labute approximate surface area is 136 Å². The van der Waals surface area contributed by atoms with E-state index in [1.165, 1.54) is 6.92 Å². The van der Waals surface area contributed by atoms with Gasteiger partial charge in [-0.3, -0.25) is 9.59 Å². The van der Waals surface area contributed by atoms with Crippen LogP contribution in [0.5, 0.6) is 0 Å². The SMILES string of the molecule is CCCC(NC(C)=O)C(=O)N1CCC(Nc2cccnn2)CC1. The molecule has 0 spiro atoms. The first kappa shape index (κ1) is 17.2. The van der Waals surface area contributed by atoms with Crippen LogP contribution in [0.4, 0.5) is 5.82 Å². The summed E-state index contributed by atoms with van der Waals surface area (Å²) in [5.74, 6) is 0.635. The molecule has 2 N–H and O–H groups in total. The van der Waals surface area contributed by atoms with Crippen molar-refractivity contribution in [2.75, 3.05) is 18.4 Å². The van der Waals surface area contributed by atoms with Gasteiger partial charge in [-0.2, -0.15) is 5.10 Å². The highest BCUT2D eigenvalue weighted by Crippen LogP contribution is 2.16. The van der Waals surface area contributed by atoms with Crippen LogP contribution in [0, 0.1) is 0 Å². The van der Waals surface area contributed by atoms with Crippen LogP contribution < -0.4 is 10.6 Å². The summed E-state index contributed by atoms with van der Waals surface area (Å²) in [6, 6.07) is 3.62. The van der Waals surface area contributed by atoms with Crippen molar-refractivity contribution in [2.45, 2.75) is 51.6 Å². The Bertz CT molecular complexity index is 514. The molecule has 0 aromatic carbocycles. The number of carbonyl (C=O) groups excluding carboxylic acids is 2. The third-order valence-corrected chi connectivity index (χ3v) is 3.98. The molecule has 1 saturated heterocycles. The van der Waals surface area contributed by atoms with E-state index in [2.05, 4.69) is 20.8 Å². The first-order valence-corrected chi connectivity index (χ1v) is 8.20. The first-order valence-electron chi connectivity index (χ1n) is 8.20. The molecular weight excluding hydrogens is 294 g/mol. The van der Waals surface area contributed by atoms with Crippen molar-refractivity contribution in [2.24, 2.45) is 0 Å². The Balaban J connectivity index is 1.84. The highest BCUT2D eigenvalue weighted by Gasteiger charge is 2.28. The maximum atomic E-state index is 12.6. The second-order valence-corrected chi connectivity index (χ2v) is 5.89. The highest BCUT2D eigenvalue weighted by atomic mass is 16.2. The maximum Gasteiger partial charge on any atom is 0.245 e. The van der Waals surface area contributed by atoms with Crippen molar-refractivity contribution >= 4 is 17.6 Å². The van der Waals surface area contributed by atoms with E-state index in [1.54, 1.807) is 6.20 Å². The normalized spacial score (nSPS) is 16.7. The van der Waals surface area contributed by atoms with Crippen LogP contribution in [0.3, 0.4) is 0 Å². The van der Waals surface area contributed by atoms with Gasteiger partial charge in [0.2, 0.25) is 11.8 Å². The number of rotatable bonds is 6. The minimum atomic E-state index is -0.401. The monoisotopic (exact) mass is 319 g/mol. The van der Waals surface area contributed by atoms with E-state index < -0.39 is 6.04 Å². The zero-order valence-electron chi connectivity index (χ0n) is 13.8. The number of hydrogen-bond acceptors (Lipinski definition) is 5. The third kappa shape index (κ3) is 5.19. The Hall–Kier alpha value is -2.18. The van der Waals surface area contributed by atoms with Crippen LogP contribution >= 0.6 is 0 Å². The van der Waals surface area contributed by atoms with Crippen LogP contribution in [0.15, 0.2) is 18.3 Å². The van der Waals surface area contributed by atoms with E-state index in [1.807, 2.05) is 24.0 Å². The summed E-state index contributed by atoms with van der Waals surface area (Å²) >= 11 is 0. The van der Waals surface area contributed by atoms with Crippen LogP contribution in [-0.2, 0) is 9.59 Å². The van der Waals surface area contributed by atoms with Crippen molar-refractivity contribution in [3.63, 3.8) is 0 Å². The smallest absolute Gasteiger partial charge is 0.245 e. The van der Waals surface area contributed by atoms with E-state index >= 15 is 0 Å². The molecule has 0 saturated carbocycles. The molecule has 2 amide bonds. The Kier molecular flexibility index (Phi) is 6.31. The molecule has 7 heteroatoms. The summed E-state index contributed by atoms with van der Waals surface area (Å²) < 4.78 is 0. The van der Waals surface area contributed by atoms with Gasteiger partial charge in [0.15, 0.2) is 0 Å². The third-order valence-electron chi connectivity index (χ3n) is 3.98. The fraction of sp³-hybridized carbons (Fsp3) is 0.625. The summed E-state index contributed by atoms with van der Waals surface area (Å²) in [7, 11) is 0. The first-order chi connectivity index (χ1) is 11.1. The van der Waals surface area contributed by atoms with Crippen LogP contribution in [0.2, 0.25) is 0 Å². The fourth-order valence-electron chi connectivity index (χ4n) is 2.84. The quantitative estimate of drug-likeness (QED) is 0.822. The lowest BCUT2D eigenvalue weighted by atomic mass is 10.0. The van der Waals surface area contributed by atoms with E-state index in [-0.39, 0.29) is 11.8 Å². The summed E-state index contributed by atoms with van der Waals surface area (Å²) in [6.07, 6.45) is 4.91. The number of nitrogens with one attached hydrogen (secondary N) is 2. The zero-order valence-corrected chi connectivity index (χ0v) is 13.8. The van der Waals surface area contributed by atoms with Crippen molar-refractivity contribution in [1.29, 1.82) is 0 Å². The largest absolute Gasteiger partial charge is 0.366 e. The van der Waals surface area contributed by atoms with Gasteiger partial charge in [-0.1, -0.05) is 13.3 Å². The average molecular weight is 319 g/mol. The molecule has 2 rings (SSSR count). The van der Waals surface area contributed by atoms with Gasteiger partial charge in [-0.25, -0.2) is 0 Å². The number of piperidine rings is 1. The fourth-order valence-corrected chi connectivity index (χ4v) is 2.84. The number of amides is 2. The van der Waals surface area contributed by atoms with Gasteiger partial charge < -0.3 is 15.5 Å². The van der Waals surface area contributed by atoms with Crippen LogP contribution in [0.25, 0.3) is 0 Å². The van der Waals surface area contributed by atoms with Gasteiger partial charge in [0.1, 0.15) is 11.9 Å². The summed E-state index contributed by atoms with van der Waals surface area (Å²) in [5.41, 5.74) is 0. The molecule has 7 nitrogen and oxygen atoms in total. The molecule has 0 radical (unpaired) electrons. The van der Waals surface area contributed by atoms with E-state index in [9.17, 15) is 9.59 Å². The minimum absolute atomic E-state index is 0.0278. The van der Waals surface area contributed by atoms with Gasteiger partial charge in [-0.05, 0) is 31.4 Å². The molecule has 1 unspecified atom stereocenters. The summed E-state index contributed by atoms with van der Waals surface area (Å²) in [6.45, 7) is 4.85. The Morgan fingerprint density at radius 1 is 1.39 bits per heavy atom. The average Bonchev–Trinajstić information content (AvgIpc) is 2.55. The topological polar surface area (TPSA) is 87.2 Å². The molecule has 1 aromatic rings. The van der Waals surface area contributed by atoms with E-state index in [4.69, 9.17) is 0 Å². The van der Waals surface area contributed by atoms with Gasteiger partial charge in [0.05, 0.1) is 0 Å². The van der Waals surface area contributed by atoms with Gasteiger partial charge >= 0.3 is 0 Å². The predicted molar refractivity (Wildman–Crippen MR) is 87.8 cm³/mol. The number of likely N-dealkylation sites (tertiary alicyclic amines) is 1. The molecule has 0 aliphatic carbocycles. The Morgan fingerprint density at radius 2 is 2.13 bits per heavy atom.